The van der Waals surface area contributed by atoms with Crippen molar-refractivity contribution in [1.29, 1.82) is 0 Å². The summed E-state index contributed by atoms with van der Waals surface area (Å²) in [5, 5.41) is 0. The molecule has 5 heteroatoms. The van der Waals surface area contributed by atoms with Crippen LogP contribution in [0, 0.1) is 5.82 Å². The van der Waals surface area contributed by atoms with Gasteiger partial charge in [0, 0.05) is 17.5 Å². The molecule has 0 N–H and O–H groups in total. The van der Waals surface area contributed by atoms with Gasteiger partial charge in [-0.05, 0) is 47.9 Å². The standard InChI is InChI=1S/C23H19FO4/c1-25-17-8-4-14(5-9-17)18-10-20(15-2-6-16(24)7-3-15)28-21-12-23-22(11-19(18)21)26-13-27-23/h2-9,11-12,18,20H,10,13H2,1H3/t18-,20+/m1/s1. The zero-order valence-electron chi connectivity index (χ0n) is 15.4. The first kappa shape index (κ1) is 16.9. The fourth-order valence-electron chi connectivity index (χ4n) is 3.89. The van der Waals surface area contributed by atoms with Crippen LogP contribution in [0.1, 0.15) is 35.1 Å². The maximum absolute atomic E-state index is 13.4. The molecule has 5 rings (SSSR count). The third-order valence-electron chi connectivity index (χ3n) is 5.36. The molecule has 2 atom stereocenters. The molecule has 0 radical (unpaired) electrons. The van der Waals surface area contributed by atoms with Gasteiger partial charge in [-0.25, -0.2) is 4.39 Å². The summed E-state index contributed by atoms with van der Waals surface area (Å²) in [6.45, 7) is 0.215. The lowest BCUT2D eigenvalue weighted by Gasteiger charge is -2.33. The Morgan fingerprint density at radius 3 is 2.25 bits per heavy atom. The Morgan fingerprint density at radius 1 is 0.857 bits per heavy atom. The van der Waals surface area contributed by atoms with Gasteiger partial charge in [0.1, 0.15) is 23.4 Å². The van der Waals surface area contributed by atoms with Crippen LogP contribution in [0.4, 0.5) is 4.39 Å². The van der Waals surface area contributed by atoms with Gasteiger partial charge in [0.15, 0.2) is 11.5 Å². The summed E-state index contributed by atoms with van der Waals surface area (Å²) in [5.74, 6) is 2.87. The number of ether oxygens (including phenoxy) is 4. The molecule has 3 aromatic rings. The van der Waals surface area contributed by atoms with Gasteiger partial charge in [-0.3, -0.25) is 0 Å². The van der Waals surface area contributed by atoms with Crippen LogP contribution in [0.5, 0.6) is 23.0 Å². The number of halogens is 1. The first-order valence-corrected chi connectivity index (χ1v) is 9.21. The van der Waals surface area contributed by atoms with E-state index in [1.54, 1.807) is 19.2 Å². The zero-order chi connectivity index (χ0) is 19.1. The third kappa shape index (κ3) is 2.93. The molecular weight excluding hydrogens is 359 g/mol. The molecule has 0 aromatic heterocycles. The minimum atomic E-state index is -0.255. The van der Waals surface area contributed by atoms with Crippen LogP contribution in [0.3, 0.4) is 0 Å². The van der Waals surface area contributed by atoms with E-state index in [0.29, 0.717) is 5.75 Å². The highest BCUT2D eigenvalue weighted by Crippen LogP contribution is 2.50. The Labute approximate surface area is 162 Å². The molecule has 4 nitrogen and oxygen atoms in total. The quantitative estimate of drug-likeness (QED) is 0.626. The Hall–Kier alpha value is -3.21. The summed E-state index contributed by atoms with van der Waals surface area (Å²) in [5.41, 5.74) is 3.17. The van der Waals surface area contributed by atoms with E-state index in [4.69, 9.17) is 18.9 Å². The molecule has 0 aliphatic carbocycles. The SMILES string of the molecule is COc1ccc([C@H]2C[C@@H](c3ccc(F)cc3)Oc3cc4c(cc32)OCO4)cc1. The van der Waals surface area contributed by atoms with Gasteiger partial charge >= 0.3 is 0 Å². The van der Waals surface area contributed by atoms with Crippen molar-refractivity contribution in [2.45, 2.75) is 18.4 Å². The van der Waals surface area contributed by atoms with Crippen molar-refractivity contribution in [3.8, 4) is 23.0 Å². The molecule has 2 aliphatic rings. The van der Waals surface area contributed by atoms with Gasteiger partial charge in [-0.2, -0.15) is 0 Å². The lowest BCUT2D eigenvalue weighted by atomic mass is 9.82. The van der Waals surface area contributed by atoms with Crippen LogP contribution in [0.2, 0.25) is 0 Å². The minimum absolute atomic E-state index is 0.110. The van der Waals surface area contributed by atoms with Gasteiger partial charge in [0.05, 0.1) is 7.11 Å². The van der Waals surface area contributed by atoms with Crippen molar-refractivity contribution >= 4 is 0 Å². The average Bonchev–Trinajstić information content (AvgIpc) is 3.19. The van der Waals surface area contributed by atoms with Crippen LogP contribution in [0.15, 0.2) is 60.7 Å². The van der Waals surface area contributed by atoms with E-state index in [9.17, 15) is 4.39 Å². The predicted molar refractivity (Wildman–Crippen MR) is 102 cm³/mol. The maximum Gasteiger partial charge on any atom is 0.231 e. The largest absolute Gasteiger partial charge is 0.497 e. The Bertz CT molecular complexity index is 998. The fourth-order valence-corrected chi connectivity index (χ4v) is 3.89. The van der Waals surface area contributed by atoms with Gasteiger partial charge in [-0.15, -0.1) is 0 Å². The number of rotatable bonds is 3. The molecule has 0 saturated carbocycles. The van der Waals surface area contributed by atoms with Crippen LogP contribution in [-0.2, 0) is 0 Å². The summed E-state index contributed by atoms with van der Waals surface area (Å²) >= 11 is 0. The molecule has 0 unspecified atom stereocenters. The van der Waals surface area contributed by atoms with E-state index < -0.39 is 0 Å². The van der Waals surface area contributed by atoms with E-state index in [2.05, 4.69) is 12.1 Å². The molecule has 0 bridgehead atoms. The van der Waals surface area contributed by atoms with Gasteiger partial charge in [0.25, 0.3) is 0 Å². The lowest BCUT2D eigenvalue weighted by Crippen LogP contribution is -2.20. The highest BCUT2D eigenvalue weighted by molar-refractivity contribution is 5.56. The van der Waals surface area contributed by atoms with Crippen molar-refractivity contribution in [1.82, 2.24) is 0 Å². The summed E-state index contributed by atoms with van der Waals surface area (Å²) in [7, 11) is 1.66. The normalized spacial score (nSPS) is 19.6. The number of benzene rings is 3. The van der Waals surface area contributed by atoms with E-state index in [1.165, 1.54) is 12.1 Å². The lowest BCUT2D eigenvalue weighted by molar-refractivity contribution is 0.166. The smallest absolute Gasteiger partial charge is 0.231 e. The van der Waals surface area contributed by atoms with Crippen molar-refractivity contribution in [3.63, 3.8) is 0 Å². The van der Waals surface area contributed by atoms with E-state index in [0.717, 1.165) is 40.4 Å². The first-order valence-electron chi connectivity index (χ1n) is 9.21. The topological polar surface area (TPSA) is 36.9 Å². The molecule has 0 amide bonds. The summed E-state index contributed by atoms with van der Waals surface area (Å²) in [4.78, 5) is 0. The second-order valence-electron chi connectivity index (χ2n) is 6.96. The van der Waals surface area contributed by atoms with Crippen LogP contribution in [0.25, 0.3) is 0 Å². The van der Waals surface area contributed by atoms with Gasteiger partial charge in [0.2, 0.25) is 6.79 Å². The highest BCUT2D eigenvalue weighted by Gasteiger charge is 2.33. The number of fused-ring (bicyclic) bond motifs is 2. The molecule has 0 spiro atoms. The average molecular weight is 378 g/mol. The first-order chi connectivity index (χ1) is 13.7. The van der Waals surface area contributed by atoms with Crippen molar-refractivity contribution in [2.75, 3.05) is 13.9 Å². The molecule has 2 aliphatic heterocycles. The summed E-state index contributed by atoms with van der Waals surface area (Å²) < 4.78 is 36.1. The summed E-state index contributed by atoms with van der Waals surface area (Å²) in [6, 6.07) is 18.5. The number of methoxy groups -OCH3 is 1. The number of hydrogen-bond acceptors (Lipinski definition) is 4. The fraction of sp³-hybridized carbons (Fsp3) is 0.217. The van der Waals surface area contributed by atoms with Gasteiger partial charge < -0.3 is 18.9 Å². The third-order valence-corrected chi connectivity index (χ3v) is 5.36. The minimum Gasteiger partial charge on any atom is -0.497 e. The van der Waals surface area contributed by atoms with E-state index in [-0.39, 0.29) is 24.6 Å². The molecule has 28 heavy (non-hydrogen) atoms. The number of hydrogen-bond donors (Lipinski definition) is 0. The Balaban J connectivity index is 1.58. The molecule has 3 aromatic carbocycles. The van der Waals surface area contributed by atoms with Crippen LogP contribution >= 0.6 is 0 Å². The monoisotopic (exact) mass is 378 g/mol. The molecule has 0 fully saturated rings. The summed E-state index contributed by atoms with van der Waals surface area (Å²) in [6.07, 6.45) is 0.561. The Morgan fingerprint density at radius 2 is 1.54 bits per heavy atom. The molecule has 0 saturated heterocycles. The second-order valence-corrected chi connectivity index (χ2v) is 6.96. The van der Waals surface area contributed by atoms with Gasteiger partial charge in [-0.1, -0.05) is 24.3 Å². The zero-order valence-corrected chi connectivity index (χ0v) is 15.4. The Kier molecular flexibility index (Phi) is 4.08. The van der Waals surface area contributed by atoms with E-state index in [1.807, 2.05) is 24.3 Å². The van der Waals surface area contributed by atoms with Crippen molar-refractivity contribution < 1.29 is 23.3 Å². The second kappa shape index (κ2) is 6.75. The van der Waals surface area contributed by atoms with E-state index >= 15 is 0 Å². The van der Waals surface area contributed by atoms with Crippen LogP contribution in [-0.4, -0.2) is 13.9 Å². The molecule has 142 valence electrons. The molecule has 2 heterocycles. The van der Waals surface area contributed by atoms with Crippen molar-refractivity contribution in [3.05, 3.63) is 83.2 Å². The predicted octanol–water partition coefficient (Wildman–Crippen LogP) is 5.22. The highest BCUT2D eigenvalue weighted by atomic mass is 19.1. The maximum atomic E-state index is 13.4. The molecular formula is C23H19FO4. The van der Waals surface area contributed by atoms with Crippen molar-refractivity contribution in [2.24, 2.45) is 0 Å². The van der Waals surface area contributed by atoms with Crippen LogP contribution < -0.4 is 18.9 Å².